The van der Waals surface area contributed by atoms with Gasteiger partial charge >= 0.3 is 0 Å². The van der Waals surface area contributed by atoms with Gasteiger partial charge in [0.05, 0.1) is 5.25 Å². The molecule has 0 bridgehead atoms. The number of carbonyl (C=O) groups excluding carboxylic acids is 1. The minimum absolute atomic E-state index is 0.119. The fraction of sp³-hybridized carbons (Fsp3) is 0.167. The number of nitrogens with one attached hydrogen (secondary N) is 1. The summed E-state index contributed by atoms with van der Waals surface area (Å²) >= 11 is 7.08. The third-order valence-corrected chi connectivity index (χ3v) is 4.71. The largest absolute Gasteiger partial charge is 0.411 e. The van der Waals surface area contributed by atoms with Gasteiger partial charge in [-0.3, -0.25) is 4.79 Å². The molecule has 5 nitrogen and oxygen atoms in total. The summed E-state index contributed by atoms with van der Waals surface area (Å²) in [4.78, 5) is 12.2. The van der Waals surface area contributed by atoms with Crippen LogP contribution in [0.3, 0.4) is 0 Å². The van der Waals surface area contributed by atoms with Gasteiger partial charge < -0.3 is 9.73 Å². The summed E-state index contributed by atoms with van der Waals surface area (Å²) in [6.45, 7) is 1.83. The van der Waals surface area contributed by atoms with Gasteiger partial charge in [-0.25, -0.2) is 4.39 Å². The maximum atomic E-state index is 13.6. The van der Waals surface area contributed by atoms with Crippen molar-refractivity contribution in [1.29, 1.82) is 0 Å². The topological polar surface area (TPSA) is 68.0 Å². The van der Waals surface area contributed by atoms with Gasteiger partial charge in [0, 0.05) is 22.7 Å². The van der Waals surface area contributed by atoms with E-state index in [1.54, 1.807) is 49.4 Å². The molecule has 0 aliphatic heterocycles. The molecule has 26 heavy (non-hydrogen) atoms. The Morgan fingerprint density at radius 1 is 1.27 bits per heavy atom. The average molecular weight is 392 g/mol. The molecule has 0 saturated carbocycles. The molecule has 1 unspecified atom stereocenters. The third kappa shape index (κ3) is 4.62. The van der Waals surface area contributed by atoms with Gasteiger partial charge in [0.25, 0.3) is 5.22 Å². The van der Waals surface area contributed by atoms with Crippen LogP contribution in [0.2, 0.25) is 5.02 Å². The SMILES string of the molecule is CC(Sc1nnc(-c2cccc(Cl)c2)o1)C(=O)NCc1ccccc1F. The first kappa shape index (κ1) is 18.4. The van der Waals surface area contributed by atoms with Gasteiger partial charge in [-0.05, 0) is 31.2 Å². The Morgan fingerprint density at radius 3 is 2.85 bits per heavy atom. The molecule has 8 heteroatoms. The number of aromatic nitrogens is 2. The number of nitrogens with zero attached hydrogens (tertiary/aromatic N) is 2. The molecule has 1 heterocycles. The Labute approximate surface area is 159 Å². The molecular weight excluding hydrogens is 377 g/mol. The first-order valence-corrected chi connectivity index (χ1v) is 9.06. The van der Waals surface area contributed by atoms with Crippen molar-refractivity contribution in [2.45, 2.75) is 23.9 Å². The summed E-state index contributed by atoms with van der Waals surface area (Å²) in [5.41, 5.74) is 1.13. The minimum Gasteiger partial charge on any atom is -0.411 e. The van der Waals surface area contributed by atoms with Gasteiger partial charge in [0.15, 0.2) is 0 Å². The highest BCUT2D eigenvalue weighted by Crippen LogP contribution is 2.27. The lowest BCUT2D eigenvalue weighted by atomic mass is 10.2. The number of amides is 1. The molecule has 2 aromatic carbocycles. The Kier molecular flexibility index (Phi) is 5.90. The molecule has 0 saturated heterocycles. The monoisotopic (exact) mass is 391 g/mol. The van der Waals surface area contributed by atoms with Gasteiger partial charge in [0.2, 0.25) is 11.8 Å². The van der Waals surface area contributed by atoms with Crippen LogP contribution in [0.4, 0.5) is 4.39 Å². The predicted molar refractivity (Wildman–Crippen MR) is 98.3 cm³/mol. The van der Waals surface area contributed by atoms with Crippen molar-refractivity contribution in [3.05, 3.63) is 64.9 Å². The first-order chi connectivity index (χ1) is 12.5. The van der Waals surface area contributed by atoms with Gasteiger partial charge in [-0.15, -0.1) is 10.2 Å². The van der Waals surface area contributed by atoms with E-state index in [0.717, 1.165) is 11.8 Å². The van der Waals surface area contributed by atoms with Crippen LogP contribution in [0.1, 0.15) is 12.5 Å². The number of hydrogen-bond donors (Lipinski definition) is 1. The van der Waals surface area contributed by atoms with Crippen molar-refractivity contribution in [1.82, 2.24) is 15.5 Å². The van der Waals surface area contributed by atoms with Crippen molar-refractivity contribution in [3.63, 3.8) is 0 Å². The highest BCUT2D eigenvalue weighted by Gasteiger charge is 2.19. The maximum Gasteiger partial charge on any atom is 0.277 e. The van der Waals surface area contributed by atoms with E-state index in [1.807, 2.05) is 0 Å². The highest BCUT2D eigenvalue weighted by atomic mass is 35.5. The third-order valence-electron chi connectivity index (χ3n) is 3.54. The van der Waals surface area contributed by atoms with Crippen LogP contribution in [-0.2, 0) is 11.3 Å². The number of rotatable bonds is 6. The van der Waals surface area contributed by atoms with E-state index in [9.17, 15) is 9.18 Å². The number of carbonyl (C=O) groups is 1. The molecule has 0 fully saturated rings. The molecule has 0 radical (unpaired) electrons. The highest BCUT2D eigenvalue weighted by molar-refractivity contribution is 8.00. The van der Waals surface area contributed by atoms with Crippen LogP contribution >= 0.6 is 23.4 Å². The van der Waals surface area contributed by atoms with E-state index in [0.29, 0.717) is 22.0 Å². The number of thioether (sulfide) groups is 1. The Hall–Kier alpha value is -2.38. The second kappa shape index (κ2) is 8.33. The number of halogens is 2. The summed E-state index contributed by atoms with van der Waals surface area (Å²) in [6, 6.07) is 13.4. The predicted octanol–water partition coefficient (Wildman–Crippen LogP) is 4.33. The van der Waals surface area contributed by atoms with Crippen LogP contribution in [0, 0.1) is 5.82 Å². The van der Waals surface area contributed by atoms with Gasteiger partial charge in [0.1, 0.15) is 5.82 Å². The molecule has 1 aromatic heterocycles. The van der Waals surface area contributed by atoms with E-state index >= 15 is 0 Å². The quantitative estimate of drug-likeness (QED) is 0.633. The molecular formula is C18H15ClFN3O2S. The summed E-state index contributed by atoms with van der Waals surface area (Å²) in [5.74, 6) is -0.272. The lowest BCUT2D eigenvalue weighted by Gasteiger charge is -2.10. The second-order valence-corrected chi connectivity index (χ2v) is 7.18. The van der Waals surface area contributed by atoms with Gasteiger partial charge in [-0.1, -0.05) is 47.6 Å². The van der Waals surface area contributed by atoms with E-state index in [-0.39, 0.29) is 23.5 Å². The summed E-state index contributed by atoms with van der Waals surface area (Å²) in [6.07, 6.45) is 0. The lowest BCUT2D eigenvalue weighted by Crippen LogP contribution is -2.30. The number of hydrogen-bond acceptors (Lipinski definition) is 5. The Morgan fingerprint density at radius 2 is 2.08 bits per heavy atom. The molecule has 0 aliphatic carbocycles. The van der Waals surface area contributed by atoms with Gasteiger partial charge in [-0.2, -0.15) is 0 Å². The molecule has 3 aromatic rings. The fourth-order valence-corrected chi connectivity index (χ4v) is 3.07. The summed E-state index contributed by atoms with van der Waals surface area (Å²) in [7, 11) is 0. The Balaban J connectivity index is 1.58. The van der Waals surface area contributed by atoms with Crippen molar-refractivity contribution in [2.75, 3.05) is 0 Å². The normalized spacial score (nSPS) is 12.0. The molecule has 3 rings (SSSR count). The van der Waals surface area contributed by atoms with Crippen molar-refractivity contribution in [3.8, 4) is 11.5 Å². The zero-order chi connectivity index (χ0) is 18.5. The smallest absolute Gasteiger partial charge is 0.277 e. The van der Waals surface area contributed by atoms with Crippen molar-refractivity contribution in [2.24, 2.45) is 0 Å². The molecule has 1 amide bonds. The maximum absolute atomic E-state index is 13.6. The summed E-state index contributed by atoms with van der Waals surface area (Å²) < 4.78 is 19.2. The van der Waals surface area contributed by atoms with Crippen LogP contribution in [-0.4, -0.2) is 21.4 Å². The van der Waals surface area contributed by atoms with E-state index < -0.39 is 5.25 Å². The second-order valence-electron chi connectivity index (χ2n) is 5.45. The van der Waals surface area contributed by atoms with Crippen LogP contribution < -0.4 is 5.32 Å². The minimum atomic E-state index is -0.477. The van der Waals surface area contributed by atoms with Crippen LogP contribution in [0.25, 0.3) is 11.5 Å². The molecule has 134 valence electrons. The van der Waals surface area contributed by atoms with Crippen molar-refractivity contribution < 1.29 is 13.6 Å². The zero-order valence-electron chi connectivity index (χ0n) is 13.8. The fourth-order valence-electron chi connectivity index (χ4n) is 2.17. The lowest BCUT2D eigenvalue weighted by molar-refractivity contribution is -0.120. The summed E-state index contributed by atoms with van der Waals surface area (Å²) in [5, 5.41) is 11.0. The van der Waals surface area contributed by atoms with Crippen LogP contribution in [0.5, 0.6) is 0 Å². The van der Waals surface area contributed by atoms with E-state index in [1.165, 1.54) is 6.07 Å². The van der Waals surface area contributed by atoms with Crippen LogP contribution in [0.15, 0.2) is 58.2 Å². The first-order valence-electron chi connectivity index (χ1n) is 7.80. The van der Waals surface area contributed by atoms with E-state index in [2.05, 4.69) is 15.5 Å². The molecule has 0 aliphatic rings. The van der Waals surface area contributed by atoms with Crippen molar-refractivity contribution >= 4 is 29.3 Å². The number of benzene rings is 2. The standard InChI is InChI=1S/C18H15ClFN3O2S/c1-11(16(24)21-10-13-5-2-3-8-15(13)20)26-18-23-22-17(25-18)12-6-4-7-14(19)9-12/h2-9,11H,10H2,1H3,(H,21,24). The van der Waals surface area contributed by atoms with E-state index in [4.69, 9.17) is 16.0 Å². The molecule has 1 N–H and O–H groups in total. The Bertz CT molecular complexity index is 919. The zero-order valence-corrected chi connectivity index (χ0v) is 15.4. The molecule has 1 atom stereocenters. The average Bonchev–Trinajstić information content (AvgIpc) is 3.09. The molecule has 0 spiro atoms.